The molecule has 148 valence electrons. The molecule has 0 radical (unpaired) electrons. The smallest absolute Gasteiger partial charge is 0.259 e. The zero-order valence-corrected chi connectivity index (χ0v) is 16.5. The first-order chi connectivity index (χ1) is 14.2. The molecule has 4 aromatic rings. The van der Waals surface area contributed by atoms with Gasteiger partial charge in [0.25, 0.3) is 5.89 Å². The summed E-state index contributed by atoms with van der Waals surface area (Å²) < 4.78 is 5.40. The normalized spacial score (nSPS) is 12.1. The Morgan fingerprint density at radius 3 is 2.66 bits per heavy atom. The molecule has 0 aliphatic carbocycles. The van der Waals surface area contributed by atoms with Crippen molar-refractivity contribution < 1.29 is 4.52 Å². The van der Waals surface area contributed by atoms with Crippen molar-refractivity contribution in [1.82, 2.24) is 30.3 Å². The predicted molar refractivity (Wildman–Crippen MR) is 109 cm³/mol. The molecular weight excluding hydrogens is 366 g/mol. The summed E-state index contributed by atoms with van der Waals surface area (Å²) in [6, 6.07) is 14.1. The Kier molecular flexibility index (Phi) is 5.60. The first-order valence-corrected chi connectivity index (χ1v) is 9.66. The number of H-pyrrole nitrogens is 1. The van der Waals surface area contributed by atoms with Gasteiger partial charge in [-0.05, 0) is 44.4 Å². The third-order valence-electron chi connectivity index (χ3n) is 4.55. The van der Waals surface area contributed by atoms with E-state index < -0.39 is 0 Å². The number of hydrogen-bond donors (Lipinski definition) is 2. The summed E-state index contributed by atoms with van der Waals surface area (Å²) >= 11 is 0. The van der Waals surface area contributed by atoms with Crippen LogP contribution >= 0.6 is 0 Å². The molecule has 3 aromatic heterocycles. The molecule has 0 unspecified atom stereocenters. The fourth-order valence-electron chi connectivity index (χ4n) is 3.01. The Balaban J connectivity index is 1.33. The lowest BCUT2D eigenvalue weighted by atomic mass is 10.1. The minimum atomic E-state index is -0.0575. The number of aryl methyl sites for hydroxylation is 3. The van der Waals surface area contributed by atoms with Gasteiger partial charge < -0.3 is 9.84 Å². The molecule has 8 nitrogen and oxygen atoms in total. The topological polar surface area (TPSA) is 105 Å². The van der Waals surface area contributed by atoms with E-state index in [1.807, 2.05) is 32.0 Å². The molecule has 3 heterocycles. The number of aromatic amines is 1. The quantitative estimate of drug-likeness (QED) is 0.471. The van der Waals surface area contributed by atoms with Crippen LogP contribution in [0.1, 0.15) is 42.4 Å². The predicted octanol–water partition coefficient (Wildman–Crippen LogP) is 3.91. The lowest BCUT2D eigenvalue weighted by Gasteiger charge is -2.10. The third-order valence-corrected chi connectivity index (χ3v) is 4.55. The van der Waals surface area contributed by atoms with E-state index in [0.717, 1.165) is 36.5 Å². The van der Waals surface area contributed by atoms with Gasteiger partial charge in [0.1, 0.15) is 11.6 Å². The van der Waals surface area contributed by atoms with E-state index in [1.165, 1.54) is 5.56 Å². The van der Waals surface area contributed by atoms with E-state index in [9.17, 15) is 0 Å². The van der Waals surface area contributed by atoms with Gasteiger partial charge in [0, 0.05) is 12.6 Å². The molecule has 0 fully saturated rings. The molecule has 0 aliphatic rings. The van der Waals surface area contributed by atoms with Gasteiger partial charge in [-0.25, -0.2) is 9.97 Å². The Morgan fingerprint density at radius 1 is 1.07 bits per heavy atom. The summed E-state index contributed by atoms with van der Waals surface area (Å²) in [6.07, 6.45) is 4.47. The van der Waals surface area contributed by atoms with Crippen molar-refractivity contribution in [2.24, 2.45) is 0 Å². The molecule has 0 bridgehead atoms. The van der Waals surface area contributed by atoms with Gasteiger partial charge in [0.2, 0.25) is 0 Å². The lowest BCUT2D eigenvalue weighted by molar-refractivity contribution is 0.421. The van der Waals surface area contributed by atoms with Crippen molar-refractivity contribution in [3.63, 3.8) is 0 Å². The number of pyridine rings is 1. The highest BCUT2D eigenvalue weighted by Gasteiger charge is 2.13. The number of nitrogens with zero attached hydrogens (tertiary/aromatic N) is 5. The SMILES string of the molecule is Cc1nc([C@H](C)Nc2ccc(-c3nc(CCCc4ccccc4)no3)cn2)n[nH]1. The van der Waals surface area contributed by atoms with Gasteiger partial charge in [0.05, 0.1) is 11.6 Å². The van der Waals surface area contributed by atoms with Crippen LogP contribution in [0.3, 0.4) is 0 Å². The van der Waals surface area contributed by atoms with E-state index >= 15 is 0 Å². The van der Waals surface area contributed by atoms with Crippen molar-refractivity contribution in [1.29, 1.82) is 0 Å². The summed E-state index contributed by atoms with van der Waals surface area (Å²) in [5.74, 6) is 3.41. The van der Waals surface area contributed by atoms with Crippen LogP contribution in [0, 0.1) is 6.92 Å². The van der Waals surface area contributed by atoms with Gasteiger partial charge >= 0.3 is 0 Å². The highest BCUT2D eigenvalue weighted by atomic mass is 16.5. The van der Waals surface area contributed by atoms with Crippen molar-refractivity contribution in [3.8, 4) is 11.5 Å². The van der Waals surface area contributed by atoms with Crippen molar-refractivity contribution in [3.05, 3.63) is 71.7 Å². The molecule has 1 atom stereocenters. The molecule has 0 aliphatic heterocycles. The Hall–Kier alpha value is -3.55. The van der Waals surface area contributed by atoms with Gasteiger partial charge in [0.15, 0.2) is 11.6 Å². The Bertz CT molecular complexity index is 1040. The van der Waals surface area contributed by atoms with Crippen LogP contribution in [0.25, 0.3) is 11.5 Å². The summed E-state index contributed by atoms with van der Waals surface area (Å²) in [5.41, 5.74) is 2.11. The van der Waals surface area contributed by atoms with Crippen LogP contribution in [-0.2, 0) is 12.8 Å². The molecule has 0 saturated carbocycles. The largest absolute Gasteiger partial charge is 0.360 e. The lowest BCUT2D eigenvalue weighted by Crippen LogP contribution is -2.09. The highest BCUT2D eigenvalue weighted by molar-refractivity contribution is 5.54. The minimum Gasteiger partial charge on any atom is -0.360 e. The van der Waals surface area contributed by atoms with Crippen molar-refractivity contribution in [2.45, 2.75) is 39.2 Å². The highest BCUT2D eigenvalue weighted by Crippen LogP contribution is 2.20. The van der Waals surface area contributed by atoms with Gasteiger partial charge in [-0.3, -0.25) is 5.10 Å². The molecule has 0 amide bonds. The van der Waals surface area contributed by atoms with E-state index in [1.54, 1.807) is 6.20 Å². The number of rotatable bonds is 8. The van der Waals surface area contributed by atoms with E-state index in [2.05, 4.69) is 59.9 Å². The van der Waals surface area contributed by atoms with E-state index in [-0.39, 0.29) is 6.04 Å². The molecule has 2 N–H and O–H groups in total. The second-order valence-electron chi connectivity index (χ2n) is 6.93. The number of nitrogens with one attached hydrogen (secondary N) is 2. The first kappa shape index (κ1) is 18.8. The second-order valence-corrected chi connectivity index (χ2v) is 6.93. The number of benzene rings is 1. The number of aromatic nitrogens is 6. The maximum absolute atomic E-state index is 5.40. The summed E-state index contributed by atoms with van der Waals surface area (Å²) in [4.78, 5) is 13.3. The minimum absolute atomic E-state index is 0.0575. The standard InChI is InChI=1S/C21H23N7O/c1-14(20-24-15(2)26-27-20)23-18-12-11-17(13-22-18)21-25-19(28-29-21)10-6-9-16-7-4-3-5-8-16/h3-5,7-8,11-14H,6,9-10H2,1-2H3,(H,22,23)(H,24,26,27)/t14-/m0/s1. The van der Waals surface area contributed by atoms with Crippen LogP contribution in [0.2, 0.25) is 0 Å². The summed E-state index contributed by atoms with van der Waals surface area (Å²) in [6.45, 7) is 3.86. The molecule has 1 aromatic carbocycles. The molecule has 4 rings (SSSR count). The fraction of sp³-hybridized carbons (Fsp3) is 0.286. The zero-order chi connectivity index (χ0) is 20.1. The van der Waals surface area contributed by atoms with Crippen molar-refractivity contribution >= 4 is 5.82 Å². The first-order valence-electron chi connectivity index (χ1n) is 9.66. The Labute approximate surface area is 168 Å². The molecule has 0 spiro atoms. The maximum atomic E-state index is 5.40. The van der Waals surface area contributed by atoms with E-state index in [4.69, 9.17) is 4.52 Å². The molecule has 8 heteroatoms. The number of hydrogen-bond acceptors (Lipinski definition) is 7. The zero-order valence-electron chi connectivity index (χ0n) is 16.5. The second kappa shape index (κ2) is 8.64. The van der Waals surface area contributed by atoms with Gasteiger partial charge in [-0.1, -0.05) is 35.5 Å². The van der Waals surface area contributed by atoms with Crippen LogP contribution in [0.5, 0.6) is 0 Å². The molecular formula is C21H23N7O. The van der Waals surface area contributed by atoms with Crippen LogP contribution in [0.4, 0.5) is 5.82 Å². The van der Waals surface area contributed by atoms with E-state index in [0.29, 0.717) is 17.5 Å². The summed E-state index contributed by atoms with van der Waals surface area (Å²) in [7, 11) is 0. The van der Waals surface area contributed by atoms with Crippen LogP contribution < -0.4 is 5.32 Å². The average molecular weight is 389 g/mol. The Morgan fingerprint density at radius 2 is 1.93 bits per heavy atom. The monoisotopic (exact) mass is 389 g/mol. The van der Waals surface area contributed by atoms with Crippen LogP contribution in [-0.4, -0.2) is 30.3 Å². The average Bonchev–Trinajstić information content (AvgIpc) is 3.39. The molecule has 29 heavy (non-hydrogen) atoms. The maximum Gasteiger partial charge on any atom is 0.259 e. The van der Waals surface area contributed by atoms with Crippen LogP contribution in [0.15, 0.2) is 53.2 Å². The van der Waals surface area contributed by atoms with Gasteiger partial charge in [-0.2, -0.15) is 10.1 Å². The third kappa shape index (κ3) is 4.84. The molecule has 0 saturated heterocycles. The van der Waals surface area contributed by atoms with Gasteiger partial charge in [-0.15, -0.1) is 0 Å². The fourth-order valence-corrected chi connectivity index (χ4v) is 3.01. The van der Waals surface area contributed by atoms with Crippen molar-refractivity contribution in [2.75, 3.05) is 5.32 Å². The number of anilines is 1. The summed E-state index contributed by atoms with van der Waals surface area (Å²) in [5, 5.41) is 14.4.